The van der Waals surface area contributed by atoms with E-state index in [9.17, 15) is 19.2 Å². The molecular formula is C32H26Cl2N2O7. The average Bonchev–Trinajstić information content (AvgIpc) is 2.96. The van der Waals surface area contributed by atoms with Crippen LogP contribution in [0.15, 0.2) is 106 Å². The Balaban J connectivity index is 1.80. The summed E-state index contributed by atoms with van der Waals surface area (Å²) in [5, 5.41) is 6.73. The van der Waals surface area contributed by atoms with E-state index < -0.39 is 23.8 Å². The normalized spacial score (nSPS) is 18.2. The molecule has 9 nitrogen and oxygen atoms in total. The summed E-state index contributed by atoms with van der Waals surface area (Å²) in [6.45, 7) is 3.21. The van der Waals surface area contributed by atoms with Crippen LogP contribution in [0.25, 0.3) is 0 Å². The highest BCUT2D eigenvalue weighted by Gasteiger charge is 2.40. The van der Waals surface area contributed by atoms with E-state index in [-0.39, 0.29) is 34.1 Å². The van der Waals surface area contributed by atoms with E-state index in [4.69, 9.17) is 37.4 Å². The topological polar surface area (TPSA) is 120 Å². The molecule has 2 aliphatic heterocycles. The molecule has 2 aromatic carbocycles. The summed E-state index contributed by atoms with van der Waals surface area (Å²) >= 11 is 12.5. The van der Waals surface area contributed by atoms with Gasteiger partial charge < -0.3 is 24.8 Å². The van der Waals surface area contributed by atoms with Gasteiger partial charge in [0, 0.05) is 33.6 Å². The number of carbonyl (C=O) groups is 2. The van der Waals surface area contributed by atoms with Gasteiger partial charge in [-0.05, 0) is 49.2 Å². The summed E-state index contributed by atoms with van der Waals surface area (Å²) in [4.78, 5) is 50.2. The Morgan fingerprint density at radius 3 is 1.47 bits per heavy atom. The van der Waals surface area contributed by atoms with Crippen LogP contribution in [0.1, 0.15) is 36.8 Å². The zero-order chi connectivity index (χ0) is 31.3. The number of hydrogen-bond acceptors (Lipinski definition) is 9. The minimum absolute atomic E-state index is 0.0592. The Morgan fingerprint density at radius 2 is 1.14 bits per heavy atom. The first-order valence-electron chi connectivity index (χ1n) is 12.9. The van der Waals surface area contributed by atoms with Crippen molar-refractivity contribution in [3.05, 3.63) is 127 Å². The minimum atomic E-state index is -0.963. The van der Waals surface area contributed by atoms with Crippen molar-refractivity contribution in [3.8, 4) is 0 Å². The second-order valence-electron chi connectivity index (χ2n) is 9.47. The molecule has 0 saturated carbocycles. The molecule has 2 aliphatic rings. The molecule has 0 spiro atoms. The van der Waals surface area contributed by atoms with Gasteiger partial charge in [-0.3, -0.25) is 0 Å². The summed E-state index contributed by atoms with van der Waals surface area (Å²) in [5.41, 5.74) is 2.44. The van der Waals surface area contributed by atoms with Gasteiger partial charge in [-0.25, -0.2) is 19.2 Å². The molecule has 0 bridgehead atoms. The van der Waals surface area contributed by atoms with Crippen molar-refractivity contribution in [3.63, 3.8) is 0 Å². The number of carbonyl (C=O) groups excluding carboxylic acids is 4. The second kappa shape index (κ2) is 13.5. The molecule has 0 amide bonds. The van der Waals surface area contributed by atoms with E-state index in [1.807, 2.05) is 0 Å². The monoisotopic (exact) mass is 620 g/mol. The fourth-order valence-electron chi connectivity index (χ4n) is 5.20. The molecule has 4 rings (SSSR count). The molecule has 0 aliphatic carbocycles. The summed E-state index contributed by atoms with van der Waals surface area (Å²) in [6.07, 6.45) is 2.29. The summed E-state index contributed by atoms with van der Waals surface area (Å²) < 4.78 is 16.8. The Kier molecular flexibility index (Phi) is 9.76. The maximum Gasteiger partial charge on any atom is 0.344 e. The van der Waals surface area contributed by atoms with Gasteiger partial charge in [-0.15, -0.1) is 0 Å². The lowest BCUT2D eigenvalue weighted by Crippen LogP contribution is -2.33. The van der Waals surface area contributed by atoms with Crippen molar-refractivity contribution in [2.75, 3.05) is 14.2 Å². The number of hydrogen-bond donors (Lipinski definition) is 2. The van der Waals surface area contributed by atoms with Crippen LogP contribution in [0.2, 0.25) is 10.0 Å². The Hall–Kier alpha value is -4.78. The zero-order valence-electron chi connectivity index (χ0n) is 23.5. The van der Waals surface area contributed by atoms with Gasteiger partial charge >= 0.3 is 11.9 Å². The Morgan fingerprint density at radius 1 is 0.744 bits per heavy atom. The highest BCUT2D eigenvalue weighted by Crippen LogP contribution is 2.42. The SMILES string of the molecule is COC1=C(C=C=O)NC(C)=C(C(=O)OC(=O)C2=C(C)NC(C=C=O)=C(OC)C2c2cccc(Cl)c2)C1c1cccc(Cl)c1. The third-order valence-corrected chi connectivity index (χ3v) is 7.39. The highest BCUT2D eigenvalue weighted by molar-refractivity contribution is 6.31. The lowest BCUT2D eigenvalue weighted by atomic mass is 9.84. The predicted molar refractivity (Wildman–Crippen MR) is 160 cm³/mol. The first-order valence-corrected chi connectivity index (χ1v) is 13.6. The average molecular weight is 621 g/mol. The van der Waals surface area contributed by atoms with Crippen LogP contribution >= 0.6 is 23.2 Å². The maximum atomic E-state index is 13.9. The smallest absolute Gasteiger partial charge is 0.344 e. The van der Waals surface area contributed by atoms with E-state index in [1.54, 1.807) is 74.3 Å². The highest BCUT2D eigenvalue weighted by atomic mass is 35.5. The van der Waals surface area contributed by atoms with Crippen LogP contribution in [0.5, 0.6) is 0 Å². The van der Waals surface area contributed by atoms with Gasteiger partial charge in [0.2, 0.25) is 0 Å². The number of nitrogens with one attached hydrogen (secondary N) is 2. The molecule has 43 heavy (non-hydrogen) atoms. The number of rotatable bonds is 8. The number of benzene rings is 2. The van der Waals surface area contributed by atoms with Gasteiger partial charge in [0.15, 0.2) is 0 Å². The summed E-state index contributed by atoms with van der Waals surface area (Å²) in [7, 11) is 2.78. The van der Waals surface area contributed by atoms with Crippen molar-refractivity contribution < 1.29 is 33.4 Å². The van der Waals surface area contributed by atoms with Crippen LogP contribution in [0.3, 0.4) is 0 Å². The summed E-state index contributed by atoms with van der Waals surface area (Å²) in [6, 6.07) is 13.5. The lowest BCUT2D eigenvalue weighted by molar-refractivity contribution is -0.154. The molecule has 0 radical (unpaired) electrons. The molecule has 2 atom stereocenters. The van der Waals surface area contributed by atoms with Crippen LogP contribution in [-0.4, -0.2) is 38.0 Å². The van der Waals surface area contributed by atoms with E-state index in [0.717, 1.165) is 12.2 Å². The first kappa shape index (κ1) is 31.2. The number of allylic oxidation sites excluding steroid dienone is 6. The van der Waals surface area contributed by atoms with Gasteiger partial charge in [-0.2, -0.15) is 0 Å². The maximum absolute atomic E-state index is 13.9. The van der Waals surface area contributed by atoms with Crippen molar-refractivity contribution in [1.29, 1.82) is 0 Å². The van der Waals surface area contributed by atoms with Crippen LogP contribution in [0.4, 0.5) is 0 Å². The van der Waals surface area contributed by atoms with E-state index in [1.165, 1.54) is 14.2 Å². The largest absolute Gasteiger partial charge is 0.498 e. The molecule has 0 fully saturated rings. The molecule has 11 heteroatoms. The molecular weight excluding hydrogens is 595 g/mol. The fraction of sp³-hybridized carbons (Fsp3) is 0.188. The molecule has 2 unspecified atom stereocenters. The third kappa shape index (κ3) is 6.36. The molecule has 2 aromatic rings. The number of ether oxygens (including phenoxy) is 3. The van der Waals surface area contributed by atoms with Crippen molar-refractivity contribution in [1.82, 2.24) is 10.6 Å². The fourth-order valence-corrected chi connectivity index (χ4v) is 5.60. The molecule has 220 valence electrons. The van der Waals surface area contributed by atoms with Crippen LogP contribution in [-0.2, 0) is 33.4 Å². The van der Waals surface area contributed by atoms with Crippen LogP contribution in [0, 0.1) is 0 Å². The number of halogens is 2. The number of esters is 2. The van der Waals surface area contributed by atoms with Gasteiger partial charge in [0.25, 0.3) is 0 Å². The predicted octanol–water partition coefficient (Wildman–Crippen LogP) is 5.18. The van der Waals surface area contributed by atoms with E-state index >= 15 is 0 Å². The summed E-state index contributed by atoms with van der Waals surface area (Å²) in [5.74, 6) is 0.182. The Labute approximate surface area is 257 Å². The van der Waals surface area contributed by atoms with Gasteiger partial charge in [0.05, 0.1) is 48.6 Å². The molecule has 2 N–H and O–H groups in total. The second-order valence-corrected chi connectivity index (χ2v) is 10.3. The van der Waals surface area contributed by atoms with Gasteiger partial charge in [0.1, 0.15) is 23.4 Å². The third-order valence-electron chi connectivity index (χ3n) is 6.92. The van der Waals surface area contributed by atoms with Crippen molar-refractivity contribution in [2.24, 2.45) is 0 Å². The zero-order valence-corrected chi connectivity index (χ0v) is 25.1. The minimum Gasteiger partial charge on any atom is -0.498 e. The van der Waals surface area contributed by atoms with E-state index in [2.05, 4.69) is 10.6 Å². The number of methoxy groups -OCH3 is 2. The molecule has 0 saturated heterocycles. The molecule has 0 aromatic heterocycles. The lowest BCUT2D eigenvalue weighted by Gasteiger charge is -2.31. The molecule has 2 heterocycles. The van der Waals surface area contributed by atoms with Crippen molar-refractivity contribution >= 4 is 47.0 Å². The first-order chi connectivity index (χ1) is 20.6. The van der Waals surface area contributed by atoms with Crippen LogP contribution < -0.4 is 10.6 Å². The van der Waals surface area contributed by atoms with Gasteiger partial charge in [-0.1, -0.05) is 47.5 Å². The standard InChI is InChI=1S/C32H26Cl2N2O7/c1-17-25(27(19-7-5-9-21(33)15-19)29(41-3)23(35-17)11-13-37)31(39)43-32(40)26-18(2)36-24(12-14-38)30(42-4)28(26)20-8-6-10-22(34)16-20/h5-12,15-16,27-28,35-36H,1-4H3. The number of dihydropyridines is 2. The quantitative estimate of drug-likeness (QED) is 0.234. The van der Waals surface area contributed by atoms with E-state index in [0.29, 0.717) is 32.6 Å². The van der Waals surface area contributed by atoms with Crippen molar-refractivity contribution in [2.45, 2.75) is 25.7 Å². The Bertz CT molecular complexity index is 1600.